The Labute approximate surface area is 144 Å². The van der Waals surface area contributed by atoms with Gasteiger partial charge in [0.2, 0.25) is 5.91 Å². The van der Waals surface area contributed by atoms with Crippen LogP contribution in [-0.4, -0.2) is 42.7 Å². The van der Waals surface area contributed by atoms with Crippen LogP contribution in [0.4, 0.5) is 0 Å². The number of fused-ring (bicyclic) bond motifs is 1. The van der Waals surface area contributed by atoms with E-state index in [1.165, 1.54) is 4.90 Å². The molecule has 2 aliphatic rings. The summed E-state index contributed by atoms with van der Waals surface area (Å²) in [6.07, 6.45) is 0.638. The van der Waals surface area contributed by atoms with E-state index in [0.717, 1.165) is 36.4 Å². The summed E-state index contributed by atoms with van der Waals surface area (Å²) in [6.45, 7) is 4.08. The quantitative estimate of drug-likeness (QED) is 0.801. The highest BCUT2D eigenvalue weighted by Gasteiger charge is 2.37. The summed E-state index contributed by atoms with van der Waals surface area (Å²) in [5.74, 6) is 2.55. The number of carbonyl (C=O) groups excluding carboxylic acids is 1. The number of benzene rings is 1. The van der Waals surface area contributed by atoms with Crippen LogP contribution < -0.4 is 5.32 Å². The lowest BCUT2D eigenvalue weighted by Gasteiger charge is -2.17. The lowest BCUT2D eigenvalue weighted by molar-refractivity contribution is -0.129. The molecule has 116 valence electrons. The van der Waals surface area contributed by atoms with Crippen LogP contribution in [0.1, 0.15) is 6.42 Å². The fourth-order valence-corrected chi connectivity index (χ4v) is 4.53. The SMILES string of the molecule is Cl.O=C(CCSc1ccccc1Br)N1C[C@H]2CNC[C@H]2C1. The molecule has 0 aromatic heterocycles. The minimum Gasteiger partial charge on any atom is -0.342 e. The summed E-state index contributed by atoms with van der Waals surface area (Å²) in [6, 6.07) is 8.17. The first-order valence-electron chi connectivity index (χ1n) is 7.10. The molecule has 3 nitrogen and oxygen atoms in total. The Hall–Kier alpha value is -0.230. The Bertz CT molecular complexity index is 490. The third kappa shape index (κ3) is 4.15. The summed E-state index contributed by atoms with van der Waals surface area (Å²) < 4.78 is 1.11. The van der Waals surface area contributed by atoms with E-state index in [4.69, 9.17) is 0 Å². The Morgan fingerprint density at radius 2 is 1.95 bits per heavy atom. The van der Waals surface area contributed by atoms with Crippen molar-refractivity contribution >= 4 is 46.0 Å². The van der Waals surface area contributed by atoms with Crippen molar-refractivity contribution in [1.29, 1.82) is 0 Å². The van der Waals surface area contributed by atoms with Gasteiger partial charge in [0.15, 0.2) is 0 Å². The molecular formula is C15H20BrClN2OS. The molecule has 3 rings (SSSR count). The van der Waals surface area contributed by atoms with Gasteiger partial charge in [0.05, 0.1) is 0 Å². The van der Waals surface area contributed by atoms with Gasteiger partial charge in [0.25, 0.3) is 0 Å². The maximum Gasteiger partial charge on any atom is 0.223 e. The average Bonchev–Trinajstić information content (AvgIpc) is 3.01. The van der Waals surface area contributed by atoms with Crippen molar-refractivity contribution in [3.8, 4) is 0 Å². The first-order valence-corrected chi connectivity index (χ1v) is 8.87. The maximum atomic E-state index is 12.2. The normalized spacial score (nSPS) is 23.8. The Morgan fingerprint density at radius 1 is 1.29 bits per heavy atom. The minimum atomic E-state index is 0. The lowest BCUT2D eigenvalue weighted by Crippen LogP contribution is -2.32. The van der Waals surface area contributed by atoms with Crippen LogP contribution in [0.3, 0.4) is 0 Å². The van der Waals surface area contributed by atoms with Crippen molar-refractivity contribution in [1.82, 2.24) is 10.2 Å². The Morgan fingerprint density at radius 3 is 2.62 bits per heavy atom. The molecule has 6 heteroatoms. The van der Waals surface area contributed by atoms with Crippen molar-refractivity contribution in [3.63, 3.8) is 0 Å². The van der Waals surface area contributed by atoms with E-state index in [0.29, 0.717) is 24.2 Å². The Kier molecular flexibility index (Phi) is 6.41. The van der Waals surface area contributed by atoms with E-state index in [2.05, 4.69) is 32.2 Å². The number of thioether (sulfide) groups is 1. The van der Waals surface area contributed by atoms with Crippen molar-refractivity contribution in [3.05, 3.63) is 28.7 Å². The first kappa shape index (κ1) is 17.1. The lowest BCUT2D eigenvalue weighted by atomic mass is 10.0. The zero-order valence-electron chi connectivity index (χ0n) is 11.8. The topological polar surface area (TPSA) is 32.3 Å². The van der Waals surface area contributed by atoms with Crippen molar-refractivity contribution in [2.75, 3.05) is 31.9 Å². The second-order valence-corrected chi connectivity index (χ2v) is 7.50. The van der Waals surface area contributed by atoms with Crippen LogP contribution in [0.5, 0.6) is 0 Å². The van der Waals surface area contributed by atoms with Gasteiger partial charge in [-0.1, -0.05) is 12.1 Å². The van der Waals surface area contributed by atoms with E-state index in [9.17, 15) is 4.79 Å². The molecule has 2 aliphatic heterocycles. The number of likely N-dealkylation sites (tertiary alicyclic amines) is 1. The van der Waals surface area contributed by atoms with Gasteiger partial charge in [0.1, 0.15) is 0 Å². The highest BCUT2D eigenvalue weighted by molar-refractivity contribution is 9.10. The predicted molar refractivity (Wildman–Crippen MR) is 93.2 cm³/mol. The molecule has 2 saturated heterocycles. The summed E-state index contributed by atoms with van der Waals surface area (Å²) in [7, 11) is 0. The molecule has 0 spiro atoms. The number of halogens is 2. The second-order valence-electron chi connectivity index (χ2n) is 5.51. The molecule has 0 saturated carbocycles. The molecule has 2 heterocycles. The van der Waals surface area contributed by atoms with Crippen molar-refractivity contribution in [2.45, 2.75) is 11.3 Å². The molecule has 21 heavy (non-hydrogen) atoms. The second kappa shape index (κ2) is 7.86. The van der Waals surface area contributed by atoms with E-state index in [1.807, 2.05) is 18.2 Å². The van der Waals surface area contributed by atoms with E-state index in [-0.39, 0.29) is 12.4 Å². The summed E-state index contributed by atoms with van der Waals surface area (Å²) in [5.41, 5.74) is 0. The molecule has 0 bridgehead atoms. The fraction of sp³-hybridized carbons (Fsp3) is 0.533. The average molecular weight is 392 g/mol. The number of hydrogen-bond donors (Lipinski definition) is 1. The number of hydrogen-bond acceptors (Lipinski definition) is 3. The molecule has 1 aromatic carbocycles. The molecule has 2 fully saturated rings. The fourth-order valence-electron chi connectivity index (χ4n) is 3.03. The van der Waals surface area contributed by atoms with Gasteiger partial charge < -0.3 is 10.2 Å². The van der Waals surface area contributed by atoms with Gasteiger partial charge >= 0.3 is 0 Å². The third-order valence-electron chi connectivity index (χ3n) is 4.15. The van der Waals surface area contributed by atoms with Crippen LogP contribution in [-0.2, 0) is 4.79 Å². The zero-order valence-corrected chi connectivity index (χ0v) is 15.0. The molecule has 0 unspecified atom stereocenters. The molecule has 1 N–H and O–H groups in total. The molecular weight excluding hydrogens is 372 g/mol. The van der Waals surface area contributed by atoms with Gasteiger partial charge in [-0.2, -0.15) is 0 Å². The summed E-state index contributed by atoms with van der Waals surface area (Å²) >= 11 is 5.29. The van der Waals surface area contributed by atoms with E-state index < -0.39 is 0 Å². The number of amides is 1. The zero-order chi connectivity index (χ0) is 13.9. The first-order chi connectivity index (χ1) is 9.74. The molecule has 1 aromatic rings. The van der Waals surface area contributed by atoms with Gasteiger partial charge in [0, 0.05) is 47.7 Å². The third-order valence-corrected chi connectivity index (χ3v) is 6.18. The van der Waals surface area contributed by atoms with Crippen LogP contribution in [0, 0.1) is 11.8 Å². The van der Waals surface area contributed by atoms with Crippen molar-refractivity contribution < 1.29 is 4.79 Å². The summed E-state index contributed by atoms with van der Waals surface area (Å²) in [4.78, 5) is 15.5. The Balaban J connectivity index is 0.00000161. The maximum absolute atomic E-state index is 12.2. The number of nitrogens with one attached hydrogen (secondary N) is 1. The van der Waals surface area contributed by atoms with Gasteiger partial charge in [-0.15, -0.1) is 24.2 Å². The smallest absolute Gasteiger partial charge is 0.223 e. The largest absolute Gasteiger partial charge is 0.342 e. The minimum absolute atomic E-state index is 0. The van der Waals surface area contributed by atoms with Gasteiger partial charge in [-0.05, 0) is 39.9 Å². The molecule has 0 aliphatic carbocycles. The van der Waals surface area contributed by atoms with Gasteiger partial charge in [-0.3, -0.25) is 4.79 Å². The highest BCUT2D eigenvalue weighted by atomic mass is 79.9. The van der Waals surface area contributed by atoms with Crippen LogP contribution in [0.2, 0.25) is 0 Å². The number of nitrogens with zero attached hydrogens (tertiary/aromatic N) is 1. The van der Waals surface area contributed by atoms with Crippen LogP contribution in [0.15, 0.2) is 33.6 Å². The number of rotatable bonds is 4. The van der Waals surface area contributed by atoms with E-state index in [1.54, 1.807) is 11.8 Å². The van der Waals surface area contributed by atoms with Crippen molar-refractivity contribution in [2.24, 2.45) is 11.8 Å². The highest BCUT2D eigenvalue weighted by Crippen LogP contribution is 2.29. The van der Waals surface area contributed by atoms with Crippen LogP contribution >= 0.6 is 40.1 Å². The molecule has 1 amide bonds. The summed E-state index contributed by atoms with van der Waals surface area (Å²) in [5, 5.41) is 3.41. The number of carbonyl (C=O) groups is 1. The molecule has 0 radical (unpaired) electrons. The monoisotopic (exact) mass is 390 g/mol. The standard InChI is InChI=1S/C15H19BrN2OS.ClH/c16-13-3-1-2-4-14(13)20-6-5-15(19)18-9-11-7-17-8-12(11)10-18;/h1-4,11-12,17H,5-10H2;1H/t11-,12+;. The predicted octanol–water partition coefficient (Wildman–Crippen LogP) is 3.03. The van der Waals surface area contributed by atoms with Gasteiger partial charge in [-0.25, -0.2) is 0 Å². The van der Waals surface area contributed by atoms with E-state index >= 15 is 0 Å². The van der Waals surface area contributed by atoms with Crippen LogP contribution in [0.25, 0.3) is 0 Å². The molecule has 2 atom stereocenters.